The van der Waals surface area contributed by atoms with Gasteiger partial charge in [0, 0.05) is 5.92 Å². The molecule has 3 heterocycles. The first-order valence-electron chi connectivity index (χ1n) is 12.3. The average molecular weight is 586 g/mol. The molecule has 0 radical (unpaired) electrons. The van der Waals surface area contributed by atoms with E-state index in [0.29, 0.717) is 0 Å². The molecule has 2 atom stereocenters. The molecule has 1 aliphatic heterocycles. The van der Waals surface area contributed by atoms with E-state index in [2.05, 4.69) is 41.3 Å². The van der Waals surface area contributed by atoms with Crippen molar-refractivity contribution in [1.82, 2.24) is 24.7 Å². The second-order valence-corrected chi connectivity index (χ2v) is 11.8. The molecule has 0 bridgehead atoms. The zero-order valence-corrected chi connectivity index (χ0v) is 23.6. The van der Waals surface area contributed by atoms with Gasteiger partial charge in [0.15, 0.2) is 17.3 Å². The first kappa shape index (κ1) is 29.4. The van der Waals surface area contributed by atoms with Crippen molar-refractivity contribution in [2.24, 2.45) is 4.99 Å². The van der Waals surface area contributed by atoms with Crippen molar-refractivity contribution >= 4 is 27.6 Å². The Hall–Kier alpha value is -4.55. The fraction of sp³-hybridized carbons (Fsp3) is 0.346. The van der Waals surface area contributed by atoms with Gasteiger partial charge in [0.05, 0.1) is 36.4 Å². The van der Waals surface area contributed by atoms with Gasteiger partial charge in [-0.05, 0) is 38.6 Å². The minimum absolute atomic E-state index is 0.0216. The van der Waals surface area contributed by atoms with Crippen LogP contribution < -0.4 is 9.46 Å². The van der Waals surface area contributed by atoms with Crippen LogP contribution in [0.25, 0.3) is 11.4 Å². The lowest BCUT2D eigenvalue weighted by Crippen LogP contribution is -2.31. The summed E-state index contributed by atoms with van der Waals surface area (Å²) in [6, 6.07) is 4.48. The van der Waals surface area contributed by atoms with Gasteiger partial charge in [0.1, 0.15) is 29.6 Å². The summed E-state index contributed by atoms with van der Waals surface area (Å²) in [5.41, 5.74) is 4.46. The van der Waals surface area contributed by atoms with E-state index >= 15 is 0 Å². The van der Waals surface area contributed by atoms with E-state index in [1.807, 2.05) is 0 Å². The van der Waals surface area contributed by atoms with Crippen LogP contribution in [0.3, 0.4) is 0 Å². The number of sulfonamides is 1. The number of para-hydroxylation sites is 1. The van der Waals surface area contributed by atoms with Gasteiger partial charge in [-0.15, -0.1) is 10.2 Å². The van der Waals surface area contributed by atoms with Gasteiger partial charge in [-0.3, -0.25) is 9.29 Å². The lowest BCUT2D eigenvalue weighted by molar-refractivity contribution is 0.0244. The van der Waals surface area contributed by atoms with Crippen molar-refractivity contribution in [1.29, 1.82) is 0 Å². The Labute approximate surface area is 235 Å². The van der Waals surface area contributed by atoms with Gasteiger partial charge < -0.3 is 19.7 Å². The van der Waals surface area contributed by atoms with Crippen LogP contribution in [0.2, 0.25) is 0 Å². The summed E-state index contributed by atoms with van der Waals surface area (Å²) in [6.45, 7) is 6.09. The van der Waals surface area contributed by atoms with Gasteiger partial charge >= 0.3 is 0 Å². The third-order valence-corrected chi connectivity index (χ3v) is 7.81. The van der Waals surface area contributed by atoms with Gasteiger partial charge in [0.2, 0.25) is 21.9 Å². The van der Waals surface area contributed by atoms with E-state index in [4.69, 9.17) is 9.47 Å². The summed E-state index contributed by atoms with van der Waals surface area (Å²) in [6.07, 6.45) is 3.32. The highest BCUT2D eigenvalue weighted by Gasteiger charge is 2.33. The number of rotatable bonds is 10. The molecular formula is C26H28FN7O6S. The van der Waals surface area contributed by atoms with Crippen molar-refractivity contribution in [2.75, 3.05) is 18.4 Å². The fourth-order valence-corrected chi connectivity index (χ4v) is 4.87. The Balaban J connectivity index is 1.78. The van der Waals surface area contributed by atoms with E-state index in [1.165, 1.54) is 30.7 Å². The molecule has 4 rings (SSSR count). The zero-order valence-electron chi connectivity index (χ0n) is 22.8. The number of phenolic OH excluding ortho intramolecular Hbond substituents is 1. The number of nitrogens with one attached hydrogen (secondary N) is 1. The molecule has 1 aliphatic rings. The highest BCUT2D eigenvalue weighted by molar-refractivity contribution is 7.93. The third kappa shape index (κ3) is 6.61. The highest BCUT2D eigenvalue weighted by Crippen LogP contribution is 2.36. The average Bonchev–Trinajstić information content (AvgIpc) is 3.33. The van der Waals surface area contributed by atoms with Crippen LogP contribution in [0.5, 0.6) is 11.5 Å². The molecule has 216 valence electrons. The smallest absolute Gasteiger partial charge is 0.243 e. The number of aliphatic hydroxyl groups is 1. The zero-order chi connectivity index (χ0) is 29.9. The number of halogens is 1. The molecule has 0 unspecified atom stereocenters. The van der Waals surface area contributed by atoms with E-state index < -0.39 is 32.6 Å². The Morgan fingerprint density at radius 1 is 1.20 bits per heavy atom. The SMILES string of the molecule is COc1cccc(O)c1-n1c(NS(=O)(=O)[C@@H](C)[C@H](C)c2ncc(F)cn2)nnc1C1=C=C=CC(OCC(C)(C)O)=N1. The second kappa shape index (κ2) is 11.5. The molecule has 2 aromatic heterocycles. The number of ether oxygens (including phenoxy) is 2. The predicted octanol–water partition coefficient (Wildman–Crippen LogP) is 2.70. The molecule has 0 saturated carbocycles. The molecule has 1 aromatic carbocycles. The first-order valence-corrected chi connectivity index (χ1v) is 13.8. The number of anilines is 1. The van der Waals surface area contributed by atoms with E-state index in [1.54, 1.807) is 32.9 Å². The lowest BCUT2D eigenvalue weighted by Gasteiger charge is -2.21. The van der Waals surface area contributed by atoms with Crippen molar-refractivity contribution in [3.63, 3.8) is 0 Å². The summed E-state index contributed by atoms with van der Waals surface area (Å²) < 4.78 is 54.9. The maximum Gasteiger partial charge on any atom is 0.243 e. The molecular weight excluding hydrogens is 557 g/mol. The van der Waals surface area contributed by atoms with Crippen molar-refractivity contribution in [3.05, 3.63) is 65.6 Å². The Morgan fingerprint density at radius 2 is 1.90 bits per heavy atom. The number of hydrogen-bond acceptors (Lipinski definition) is 11. The minimum Gasteiger partial charge on any atom is -0.506 e. The van der Waals surface area contributed by atoms with Gasteiger partial charge in [-0.1, -0.05) is 18.7 Å². The van der Waals surface area contributed by atoms with Crippen molar-refractivity contribution in [3.8, 4) is 17.2 Å². The van der Waals surface area contributed by atoms with E-state index in [-0.39, 0.29) is 53.0 Å². The Bertz CT molecular complexity index is 1680. The van der Waals surface area contributed by atoms with Gasteiger partial charge in [-0.2, -0.15) is 0 Å². The topological polar surface area (TPSA) is 174 Å². The standard InChI is InChI=1S/C26H28FN7O6S/c1-15(23-28-12-17(27)13-29-23)16(2)41(37,38)33-25-32-31-24(34(25)22-19(35)9-7-10-20(22)39-5)18-8-6-11-21(30-18)40-14-26(3,4)36/h7,9-13,15-16,35-36H,14H2,1-5H3,(H,32,33)/t15-,16-/m0/s1. The molecule has 0 aliphatic carbocycles. The molecule has 0 amide bonds. The molecule has 0 fully saturated rings. The number of benzene rings is 1. The van der Waals surface area contributed by atoms with Gasteiger partial charge in [-0.25, -0.2) is 27.8 Å². The van der Waals surface area contributed by atoms with Crippen LogP contribution in [0.15, 0.2) is 53.1 Å². The van der Waals surface area contributed by atoms with Crippen LogP contribution in [0, 0.1) is 5.82 Å². The number of aromatic hydroxyl groups is 1. The number of hydrogen-bond donors (Lipinski definition) is 3. The van der Waals surface area contributed by atoms with Crippen LogP contribution in [-0.2, 0) is 14.8 Å². The van der Waals surface area contributed by atoms with E-state index in [9.17, 15) is 23.0 Å². The molecule has 3 N–H and O–H groups in total. The monoisotopic (exact) mass is 585 g/mol. The number of aliphatic imine (C=N–C) groups is 1. The Kier molecular flexibility index (Phi) is 8.27. The number of phenols is 1. The van der Waals surface area contributed by atoms with E-state index in [0.717, 1.165) is 12.4 Å². The molecule has 3 aromatic rings. The maximum absolute atomic E-state index is 13.5. The van der Waals surface area contributed by atoms with Crippen LogP contribution >= 0.6 is 0 Å². The fourth-order valence-electron chi connectivity index (χ4n) is 3.64. The molecule has 15 heteroatoms. The number of nitrogens with zero attached hydrogens (tertiary/aromatic N) is 6. The Morgan fingerprint density at radius 3 is 2.56 bits per heavy atom. The van der Waals surface area contributed by atoms with Crippen molar-refractivity contribution in [2.45, 2.75) is 44.5 Å². The van der Waals surface area contributed by atoms with Crippen molar-refractivity contribution < 1.29 is 32.5 Å². The molecule has 13 nitrogen and oxygen atoms in total. The molecule has 0 spiro atoms. The van der Waals surface area contributed by atoms with Crippen LogP contribution in [0.1, 0.15) is 45.3 Å². The number of methoxy groups -OCH3 is 1. The largest absolute Gasteiger partial charge is 0.506 e. The third-order valence-electron chi connectivity index (χ3n) is 5.95. The lowest BCUT2D eigenvalue weighted by atomic mass is 10.1. The molecule has 0 saturated heterocycles. The quantitative estimate of drug-likeness (QED) is 0.300. The highest BCUT2D eigenvalue weighted by atomic mass is 32.2. The first-order chi connectivity index (χ1) is 19.3. The summed E-state index contributed by atoms with van der Waals surface area (Å²) in [4.78, 5) is 12.1. The van der Waals surface area contributed by atoms with Crippen LogP contribution in [-0.4, -0.2) is 73.8 Å². The minimum atomic E-state index is -4.20. The second-order valence-electron chi connectivity index (χ2n) is 9.72. The summed E-state index contributed by atoms with van der Waals surface area (Å²) >= 11 is 0. The predicted molar refractivity (Wildman–Crippen MR) is 147 cm³/mol. The molecule has 41 heavy (non-hydrogen) atoms. The summed E-state index contributed by atoms with van der Waals surface area (Å²) in [7, 11) is -2.82. The maximum atomic E-state index is 13.5. The number of aromatic nitrogens is 5. The summed E-state index contributed by atoms with van der Waals surface area (Å²) in [5.74, 6) is -1.60. The summed E-state index contributed by atoms with van der Waals surface area (Å²) in [5, 5.41) is 27.9. The normalized spacial score (nSPS) is 14.7. The van der Waals surface area contributed by atoms with Gasteiger partial charge in [0.25, 0.3) is 0 Å². The van der Waals surface area contributed by atoms with Crippen LogP contribution in [0.4, 0.5) is 10.3 Å².